The molecular formula is C21H24FN3O5S2. The lowest BCUT2D eigenvalue weighted by molar-refractivity contribution is -0.151. The van der Waals surface area contributed by atoms with Crippen molar-refractivity contribution in [2.45, 2.75) is 43.8 Å². The van der Waals surface area contributed by atoms with Crippen LogP contribution in [0.2, 0.25) is 0 Å². The average Bonchev–Trinajstić information content (AvgIpc) is 3.38. The number of hydrogen-bond acceptors (Lipinski definition) is 9. The maximum atomic E-state index is 13.2. The third kappa shape index (κ3) is 7.57. The number of halogens is 1. The van der Waals surface area contributed by atoms with Gasteiger partial charge >= 0.3 is 5.97 Å². The standard InChI is InChI=1S/C21H24FN3O5S2/c1-21(2,3)29-17(26)12-31-15-6-4-13(5-7-15)18(25-30-14-8-9-28-11-14)19(27)24-20-23-10-16(22)32-20/h4-7,10,14H,8-9,11-12H2,1-3H3,(H,23,24,27)/b25-18+/t14-/m1/s1. The Bertz CT molecular complexity index is 967. The molecule has 0 bridgehead atoms. The number of thiazole rings is 1. The molecule has 0 aliphatic carbocycles. The maximum absolute atomic E-state index is 13.2. The molecule has 1 saturated heterocycles. The summed E-state index contributed by atoms with van der Waals surface area (Å²) in [7, 11) is 0. The van der Waals surface area contributed by atoms with Crippen LogP contribution in [0.3, 0.4) is 0 Å². The van der Waals surface area contributed by atoms with Crippen molar-refractivity contribution < 1.29 is 28.3 Å². The van der Waals surface area contributed by atoms with E-state index in [1.807, 2.05) is 20.8 Å². The summed E-state index contributed by atoms with van der Waals surface area (Å²) in [5.74, 6) is -0.721. The Hall–Kier alpha value is -2.50. The molecule has 0 unspecified atom stereocenters. The predicted molar refractivity (Wildman–Crippen MR) is 121 cm³/mol. The first-order valence-electron chi connectivity index (χ1n) is 9.89. The predicted octanol–water partition coefficient (Wildman–Crippen LogP) is 3.86. The summed E-state index contributed by atoms with van der Waals surface area (Å²) in [6, 6.07) is 6.95. The molecule has 11 heteroatoms. The first-order chi connectivity index (χ1) is 15.2. The van der Waals surface area contributed by atoms with E-state index in [0.717, 1.165) is 11.1 Å². The van der Waals surface area contributed by atoms with E-state index in [1.54, 1.807) is 24.3 Å². The van der Waals surface area contributed by atoms with Crippen LogP contribution in [0.5, 0.6) is 0 Å². The van der Waals surface area contributed by atoms with Crippen LogP contribution in [0, 0.1) is 5.13 Å². The van der Waals surface area contributed by atoms with E-state index in [4.69, 9.17) is 14.3 Å². The van der Waals surface area contributed by atoms with Crippen LogP contribution < -0.4 is 5.32 Å². The van der Waals surface area contributed by atoms with Gasteiger partial charge in [0.15, 0.2) is 22.1 Å². The number of nitrogens with zero attached hydrogens (tertiary/aromatic N) is 2. The van der Waals surface area contributed by atoms with Gasteiger partial charge in [0, 0.05) is 16.9 Å². The second-order valence-corrected chi connectivity index (χ2v) is 9.88. The number of carbonyl (C=O) groups is 2. The lowest BCUT2D eigenvalue weighted by Crippen LogP contribution is -2.25. The van der Waals surface area contributed by atoms with E-state index >= 15 is 0 Å². The fraction of sp³-hybridized carbons (Fsp3) is 0.429. The van der Waals surface area contributed by atoms with Crippen molar-refractivity contribution >= 4 is 45.8 Å². The van der Waals surface area contributed by atoms with Crippen molar-refractivity contribution in [3.63, 3.8) is 0 Å². The van der Waals surface area contributed by atoms with Crippen molar-refractivity contribution in [2.24, 2.45) is 5.16 Å². The van der Waals surface area contributed by atoms with E-state index in [9.17, 15) is 14.0 Å². The topological polar surface area (TPSA) is 99.1 Å². The molecule has 1 aromatic carbocycles. The Labute approximate surface area is 193 Å². The minimum absolute atomic E-state index is 0.0243. The Kier molecular flexibility index (Phi) is 8.21. The summed E-state index contributed by atoms with van der Waals surface area (Å²) in [4.78, 5) is 34.8. The summed E-state index contributed by atoms with van der Waals surface area (Å²) in [5, 5.41) is 6.19. The number of oxime groups is 1. The number of carbonyl (C=O) groups excluding carboxylic acids is 2. The Morgan fingerprint density at radius 3 is 2.69 bits per heavy atom. The first kappa shape index (κ1) is 24.1. The van der Waals surface area contributed by atoms with Crippen molar-refractivity contribution in [1.29, 1.82) is 0 Å². The van der Waals surface area contributed by atoms with Gasteiger partial charge in [-0.3, -0.25) is 14.9 Å². The lowest BCUT2D eigenvalue weighted by Gasteiger charge is -2.19. The molecular weight excluding hydrogens is 457 g/mol. The first-order valence-corrected chi connectivity index (χ1v) is 11.7. The third-order valence-corrected chi connectivity index (χ3v) is 5.69. The summed E-state index contributed by atoms with van der Waals surface area (Å²) in [6.45, 7) is 6.42. The fourth-order valence-electron chi connectivity index (χ4n) is 2.64. The SMILES string of the molecule is CC(C)(C)OC(=O)CSc1ccc(/C(=N\O[C@@H]2CCOC2)C(=O)Nc2ncc(F)s2)cc1. The number of nitrogens with one attached hydrogen (secondary N) is 1. The molecule has 172 valence electrons. The molecule has 0 spiro atoms. The lowest BCUT2D eigenvalue weighted by atomic mass is 10.1. The van der Waals surface area contributed by atoms with Gasteiger partial charge in [-0.05, 0) is 32.9 Å². The van der Waals surface area contributed by atoms with Gasteiger partial charge in [-0.1, -0.05) is 28.6 Å². The second kappa shape index (κ2) is 10.9. The number of hydrogen-bond donors (Lipinski definition) is 1. The van der Waals surface area contributed by atoms with Gasteiger partial charge in [0.05, 0.1) is 25.2 Å². The molecule has 1 amide bonds. The molecule has 2 aromatic rings. The van der Waals surface area contributed by atoms with Gasteiger partial charge < -0.3 is 14.3 Å². The summed E-state index contributed by atoms with van der Waals surface area (Å²) < 4.78 is 23.8. The van der Waals surface area contributed by atoms with Crippen LogP contribution >= 0.6 is 23.1 Å². The van der Waals surface area contributed by atoms with Crippen LogP contribution in [0.4, 0.5) is 9.52 Å². The fourth-order valence-corrected chi connectivity index (χ4v) is 3.85. The number of ether oxygens (including phenoxy) is 2. The molecule has 3 rings (SSSR count). The van der Waals surface area contributed by atoms with Crippen LogP contribution in [-0.4, -0.2) is 53.2 Å². The molecule has 1 N–H and O–H groups in total. The average molecular weight is 482 g/mol. The molecule has 1 aliphatic rings. The number of anilines is 1. The van der Waals surface area contributed by atoms with Crippen LogP contribution in [0.1, 0.15) is 32.8 Å². The molecule has 8 nitrogen and oxygen atoms in total. The van der Waals surface area contributed by atoms with E-state index in [1.165, 1.54) is 11.8 Å². The Balaban J connectivity index is 1.69. The van der Waals surface area contributed by atoms with Crippen LogP contribution in [0.15, 0.2) is 40.5 Å². The van der Waals surface area contributed by atoms with Gasteiger partial charge in [-0.25, -0.2) is 4.98 Å². The second-order valence-electron chi connectivity index (χ2n) is 7.85. The van der Waals surface area contributed by atoms with E-state index in [2.05, 4.69) is 15.5 Å². The number of benzene rings is 1. The number of aromatic nitrogens is 1. The van der Waals surface area contributed by atoms with Crippen molar-refractivity contribution in [3.8, 4) is 0 Å². The summed E-state index contributed by atoms with van der Waals surface area (Å²) in [5.41, 5.74) is -0.0125. The Morgan fingerprint density at radius 1 is 1.34 bits per heavy atom. The zero-order chi connectivity index (χ0) is 23.1. The molecule has 1 aliphatic heterocycles. The van der Waals surface area contributed by atoms with Gasteiger partial charge in [0.1, 0.15) is 5.60 Å². The van der Waals surface area contributed by atoms with Crippen molar-refractivity contribution in [2.75, 3.05) is 24.3 Å². The molecule has 1 aromatic heterocycles. The normalized spacial score (nSPS) is 16.6. The van der Waals surface area contributed by atoms with E-state index < -0.39 is 16.6 Å². The van der Waals surface area contributed by atoms with Gasteiger partial charge in [-0.15, -0.1) is 11.8 Å². The highest BCUT2D eigenvalue weighted by atomic mass is 32.2. The van der Waals surface area contributed by atoms with E-state index in [-0.39, 0.29) is 28.7 Å². The highest BCUT2D eigenvalue weighted by molar-refractivity contribution is 8.00. The third-order valence-electron chi connectivity index (χ3n) is 4.00. The monoisotopic (exact) mass is 481 g/mol. The number of esters is 1. The van der Waals surface area contributed by atoms with Crippen molar-refractivity contribution in [3.05, 3.63) is 41.2 Å². The highest BCUT2D eigenvalue weighted by Crippen LogP contribution is 2.21. The molecule has 1 atom stereocenters. The van der Waals surface area contributed by atoms with Gasteiger partial charge in [0.2, 0.25) is 0 Å². The van der Waals surface area contributed by atoms with Gasteiger partial charge in [0.25, 0.3) is 5.91 Å². The highest BCUT2D eigenvalue weighted by Gasteiger charge is 2.21. The number of rotatable bonds is 8. The number of amides is 1. The molecule has 32 heavy (non-hydrogen) atoms. The van der Waals surface area contributed by atoms with Crippen LogP contribution in [-0.2, 0) is 23.9 Å². The largest absolute Gasteiger partial charge is 0.459 e. The molecule has 0 saturated carbocycles. The zero-order valence-corrected chi connectivity index (χ0v) is 19.6. The smallest absolute Gasteiger partial charge is 0.316 e. The Morgan fingerprint density at radius 2 is 2.09 bits per heavy atom. The maximum Gasteiger partial charge on any atom is 0.316 e. The van der Waals surface area contributed by atoms with E-state index in [0.29, 0.717) is 36.5 Å². The minimum atomic E-state index is -0.576. The van der Waals surface area contributed by atoms with Gasteiger partial charge in [-0.2, -0.15) is 4.39 Å². The molecule has 0 radical (unpaired) electrons. The van der Waals surface area contributed by atoms with Crippen LogP contribution in [0.25, 0.3) is 0 Å². The van der Waals surface area contributed by atoms with Crippen molar-refractivity contribution in [1.82, 2.24) is 4.98 Å². The zero-order valence-electron chi connectivity index (χ0n) is 17.9. The summed E-state index contributed by atoms with van der Waals surface area (Å²) >= 11 is 2.04. The quantitative estimate of drug-likeness (QED) is 0.264. The number of thioether (sulfide) groups is 1. The molecule has 2 heterocycles. The minimum Gasteiger partial charge on any atom is -0.459 e. The molecule has 1 fully saturated rings. The summed E-state index contributed by atoms with van der Waals surface area (Å²) in [6.07, 6.45) is 1.47.